The quantitative estimate of drug-likeness (QED) is 0.845. The highest BCUT2D eigenvalue weighted by atomic mass is 16.6. The first-order valence-corrected chi connectivity index (χ1v) is 8.49. The zero-order chi connectivity index (χ0) is 15.6. The van der Waals surface area contributed by atoms with E-state index in [0.717, 1.165) is 44.2 Å². The molecule has 0 aromatic carbocycles. The van der Waals surface area contributed by atoms with Gasteiger partial charge in [0.15, 0.2) is 0 Å². The summed E-state index contributed by atoms with van der Waals surface area (Å²) in [5, 5.41) is 3.63. The predicted molar refractivity (Wildman–Crippen MR) is 85.3 cm³/mol. The summed E-state index contributed by atoms with van der Waals surface area (Å²) >= 11 is 0. The van der Waals surface area contributed by atoms with Gasteiger partial charge in [0.1, 0.15) is 5.60 Å². The molecule has 1 heterocycles. The van der Waals surface area contributed by atoms with Gasteiger partial charge in [-0.2, -0.15) is 0 Å². The summed E-state index contributed by atoms with van der Waals surface area (Å²) < 4.78 is 5.52. The number of nitrogens with one attached hydrogen (secondary N) is 1. The summed E-state index contributed by atoms with van der Waals surface area (Å²) in [7, 11) is 0. The largest absolute Gasteiger partial charge is 0.444 e. The maximum absolute atomic E-state index is 12.3. The van der Waals surface area contributed by atoms with E-state index in [1.807, 2.05) is 25.7 Å². The van der Waals surface area contributed by atoms with Gasteiger partial charge in [-0.15, -0.1) is 0 Å². The Morgan fingerprint density at radius 3 is 2.67 bits per heavy atom. The van der Waals surface area contributed by atoms with Crippen molar-refractivity contribution in [1.29, 1.82) is 0 Å². The Bertz CT molecular complexity index is 364. The van der Waals surface area contributed by atoms with Crippen LogP contribution in [0.25, 0.3) is 0 Å². The summed E-state index contributed by atoms with van der Waals surface area (Å²) in [6.45, 7) is 12.3. The Kier molecular flexibility index (Phi) is 5.18. The number of hydrogen-bond donors (Lipinski definition) is 1. The third-order valence-corrected chi connectivity index (χ3v) is 4.64. The van der Waals surface area contributed by atoms with Crippen molar-refractivity contribution in [2.24, 2.45) is 11.8 Å². The highest BCUT2D eigenvalue weighted by molar-refractivity contribution is 5.68. The maximum atomic E-state index is 12.3. The van der Waals surface area contributed by atoms with Crippen molar-refractivity contribution in [1.82, 2.24) is 10.2 Å². The van der Waals surface area contributed by atoms with Crippen LogP contribution < -0.4 is 5.32 Å². The number of hydrogen-bond acceptors (Lipinski definition) is 3. The van der Waals surface area contributed by atoms with Crippen LogP contribution in [0, 0.1) is 11.8 Å². The maximum Gasteiger partial charge on any atom is 0.410 e. The Labute approximate surface area is 129 Å². The van der Waals surface area contributed by atoms with Crippen LogP contribution in [-0.2, 0) is 4.74 Å². The van der Waals surface area contributed by atoms with E-state index in [1.54, 1.807) is 0 Å². The second-order valence-electron chi connectivity index (χ2n) is 7.99. The average Bonchev–Trinajstić information content (AvgIpc) is 2.85. The van der Waals surface area contributed by atoms with Gasteiger partial charge < -0.3 is 15.0 Å². The van der Waals surface area contributed by atoms with Crippen LogP contribution in [0.2, 0.25) is 0 Å². The molecule has 4 atom stereocenters. The summed E-state index contributed by atoms with van der Waals surface area (Å²) in [4.78, 5) is 14.2. The molecular formula is C17H32N2O2. The molecule has 1 amide bonds. The number of likely N-dealkylation sites (tertiary alicyclic amines) is 1. The van der Waals surface area contributed by atoms with Gasteiger partial charge in [-0.1, -0.05) is 6.92 Å². The fourth-order valence-corrected chi connectivity index (χ4v) is 3.17. The van der Waals surface area contributed by atoms with E-state index < -0.39 is 5.60 Å². The minimum absolute atomic E-state index is 0.145. The third kappa shape index (κ3) is 5.17. The Morgan fingerprint density at radius 2 is 2.10 bits per heavy atom. The summed E-state index contributed by atoms with van der Waals surface area (Å²) in [6.07, 6.45) is 4.45. The number of rotatable bonds is 5. The van der Waals surface area contributed by atoms with Gasteiger partial charge in [0.2, 0.25) is 0 Å². The first-order valence-electron chi connectivity index (χ1n) is 8.49. The highest BCUT2D eigenvalue weighted by Crippen LogP contribution is 2.37. The second-order valence-corrected chi connectivity index (χ2v) is 7.99. The molecule has 4 heteroatoms. The molecule has 0 aromatic heterocycles. The van der Waals surface area contributed by atoms with Crippen molar-refractivity contribution < 1.29 is 9.53 Å². The monoisotopic (exact) mass is 296 g/mol. The van der Waals surface area contributed by atoms with Gasteiger partial charge >= 0.3 is 6.09 Å². The van der Waals surface area contributed by atoms with Crippen molar-refractivity contribution >= 4 is 6.09 Å². The Morgan fingerprint density at radius 1 is 1.43 bits per heavy atom. The molecule has 4 nitrogen and oxygen atoms in total. The van der Waals surface area contributed by atoms with E-state index in [-0.39, 0.29) is 6.09 Å². The van der Waals surface area contributed by atoms with Gasteiger partial charge in [-0.25, -0.2) is 4.79 Å². The lowest BCUT2D eigenvalue weighted by atomic mass is 10.1. The van der Waals surface area contributed by atoms with Gasteiger partial charge in [0.25, 0.3) is 0 Å². The molecule has 0 spiro atoms. The van der Waals surface area contributed by atoms with Crippen LogP contribution in [0.4, 0.5) is 4.79 Å². The normalized spacial score (nSPS) is 30.3. The minimum atomic E-state index is -0.407. The topological polar surface area (TPSA) is 41.6 Å². The van der Waals surface area contributed by atoms with E-state index in [2.05, 4.69) is 19.2 Å². The van der Waals surface area contributed by atoms with E-state index >= 15 is 0 Å². The summed E-state index contributed by atoms with van der Waals surface area (Å²) in [5.41, 5.74) is -0.407. The van der Waals surface area contributed by atoms with Crippen LogP contribution in [0.15, 0.2) is 0 Å². The van der Waals surface area contributed by atoms with Crippen LogP contribution in [0.1, 0.15) is 60.3 Å². The molecule has 21 heavy (non-hydrogen) atoms. The van der Waals surface area contributed by atoms with Crippen molar-refractivity contribution in [2.75, 3.05) is 13.1 Å². The average molecular weight is 296 g/mol. The molecule has 1 N–H and O–H groups in total. The van der Waals surface area contributed by atoms with E-state index in [4.69, 9.17) is 4.74 Å². The second kappa shape index (κ2) is 6.55. The lowest BCUT2D eigenvalue weighted by molar-refractivity contribution is 0.0214. The van der Waals surface area contributed by atoms with Crippen LogP contribution in [-0.4, -0.2) is 41.8 Å². The first-order chi connectivity index (χ1) is 9.76. The van der Waals surface area contributed by atoms with Crippen molar-refractivity contribution in [3.63, 3.8) is 0 Å². The number of ether oxygens (including phenoxy) is 1. The van der Waals surface area contributed by atoms with E-state index in [9.17, 15) is 4.79 Å². The fourth-order valence-electron chi connectivity index (χ4n) is 3.17. The van der Waals surface area contributed by atoms with Crippen LogP contribution in [0.3, 0.4) is 0 Å². The van der Waals surface area contributed by atoms with Gasteiger partial charge in [0.05, 0.1) is 0 Å². The molecule has 0 radical (unpaired) electrons. The number of nitrogens with zero attached hydrogens (tertiary/aromatic N) is 1. The molecular weight excluding hydrogens is 264 g/mol. The van der Waals surface area contributed by atoms with Gasteiger partial charge in [0, 0.05) is 18.6 Å². The van der Waals surface area contributed by atoms with Crippen molar-refractivity contribution in [3.8, 4) is 0 Å². The van der Waals surface area contributed by atoms with Crippen molar-refractivity contribution in [2.45, 2.75) is 78.0 Å². The SMILES string of the molecule is CC(CC1CCCN1C(=O)OC(C)(C)C)NCC1CC1C. The fraction of sp³-hybridized carbons (Fsp3) is 0.941. The summed E-state index contributed by atoms with van der Waals surface area (Å²) in [6, 6.07) is 0.796. The van der Waals surface area contributed by atoms with Gasteiger partial charge in [-0.3, -0.25) is 0 Å². The van der Waals surface area contributed by atoms with Crippen LogP contribution in [0.5, 0.6) is 0 Å². The molecule has 122 valence electrons. The molecule has 1 saturated carbocycles. The summed E-state index contributed by atoms with van der Waals surface area (Å²) in [5.74, 6) is 1.77. The molecule has 2 aliphatic rings. The highest BCUT2D eigenvalue weighted by Gasteiger charge is 2.34. The van der Waals surface area contributed by atoms with E-state index in [1.165, 1.54) is 6.42 Å². The number of carbonyl (C=O) groups excluding carboxylic acids is 1. The molecule has 1 aliphatic carbocycles. The zero-order valence-corrected chi connectivity index (χ0v) is 14.3. The molecule has 2 fully saturated rings. The van der Waals surface area contributed by atoms with Crippen molar-refractivity contribution in [3.05, 3.63) is 0 Å². The Hall–Kier alpha value is -0.770. The smallest absolute Gasteiger partial charge is 0.410 e. The Balaban J connectivity index is 1.76. The van der Waals surface area contributed by atoms with Gasteiger partial charge in [-0.05, 0) is 71.8 Å². The van der Waals surface area contributed by atoms with Crippen LogP contribution >= 0.6 is 0 Å². The lowest BCUT2D eigenvalue weighted by Gasteiger charge is -2.30. The molecule has 1 aliphatic heterocycles. The molecule has 4 unspecified atom stereocenters. The molecule has 1 saturated heterocycles. The number of carbonyl (C=O) groups is 1. The molecule has 0 aromatic rings. The lowest BCUT2D eigenvalue weighted by Crippen LogP contribution is -2.42. The number of amides is 1. The standard InChI is InChI=1S/C17H32N2O2/c1-12-9-14(12)11-18-13(2)10-15-7-6-8-19(15)16(20)21-17(3,4)5/h12-15,18H,6-11H2,1-5H3. The third-order valence-electron chi connectivity index (χ3n) is 4.64. The molecule has 2 rings (SSSR count). The van der Waals surface area contributed by atoms with E-state index in [0.29, 0.717) is 12.1 Å². The zero-order valence-electron chi connectivity index (χ0n) is 14.3. The minimum Gasteiger partial charge on any atom is -0.444 e. The predicted octanol–water partition coefficient (Wildman–Crippen LogP) is 3.41. The first kappa shape index (κ1) is 16.6. The molecule has 0 bridgehead atoms.